The van der Waals surface area contributed by atoms with E-state index in [2.05, 4.69) is 4.98 Å². The van der Waals surface area contributed by atoms with Crippen LogP contribution in [0, 0.1) is 5.95 Å². The van der Waals surface area contributed by atoms with Crippen LogP contribution in [0.4, 0.5) is 4.39 Å². The molecule has 2 rings (SSSR count). The molecule has 1 aromatic carbocycles. The van der Waals surface area contributed by atoms with Crippen molar-refractivity contribution in [3.8, 4) is 5.75 Å². The largest absolute Gasteiger partial charge is 0.496 e. The first-order valence-corrected chi connectivity index (χ1v) is 6.57. The number of benzene rings is 1. The lowest BCUT2D eigenvalue weighted by Gasteiger charge is -2.26. The quantitative estimate of drug-likeness (QED) is 0.812. The molecule has 4 nitrogen and oxygen atoms in total. The number of carbonyl (C=O) groups excluding carboxylic acids is 1. The number of para-hydroxylation sites is 1. The number of rotatable bonds is 4. The van der Waals surface area contributed by atoms with Crippen LogP contribution in [0.2, 0.25) is 0 Å². The van der Waals surface area contributed by atoms with Crippen LogP contribution >= 0.6 is 0 Å². The van der Waals surface area contributed by atoms with E-state index in [-0.39, 0.29) is 17.6 Å². The van der Waals surface area contributed by atoms with E-state index in [1.54, 1.807) is 14.2 Å². The highest BCUT2D eigenvalue weighted by molar-refractivity contribution is 5.92. The van der Waals surface area contributed by atoms with Crippen molar-refractivity contribution in [2.24, 2.45) is 0 Å². The molecule has 1 atom stereocenters. The van der Waals surface area contributed by atoms with Gasteiger partial charge in [-0.15, -0.1) is 0 Å². The Labute approximate surface area is 123 Å². The number of carbonyl (C=O) groups is 1. The number of methoxy groups -OCH3 is 1. The Morgan fingerprint density at radius 1 is 1.24 bits per heavy atom. The number of amides is 1. The highest BCUT2D eigenvalue weighted by Crippen LogP contribution is 2.28. The summed E-state index contributed by atoms with van der Waals surface area (Å²) >= 11 is 0. The van der Waals surface area contributed by atoms with Crippen LogP contribution in [-0.2, 0) is 0 Å². The maximum Gasteiger partial charge on any atom is 0.272 e. The molecule has 110 valence electrons. The van der Waals surface area contributed by atoms with Crippen molar-refractivity contribution in [1.29, 1.82) is 0 Å². The predicted molar refractivity (Wildman–Crippen MR) is 77.7 cm³/mol. The van der Waals surface area contributed by atoms with Crippen molar-refractivity contribution in [2.75, 3.05) is 14.2 Å². The highest BCUT2D eigenvalue weighted by atomic mass is 19.1. The fourth-order valence-corrected chi connectivity index (χ4v) is 2.10. The van der Waals surface area contributed by atoms with Gasteiger partial charge in [-0.1, -0.05) is 24.3 Å². The Bertz CT molecular complexity index is 646. The highest BCUT2D eigenvalue weighted by Gasteiger charge is 2.22. The summed E-state index contributed by atoms with van der Waals surface area (Å²) in [6.07, 6.45) is 0. The third-order valence-corrected chi connectivity index (χ3v) is 3.42. The lowest BCUT2D eigenvalue weighted by atomic mass is 10.1. The Morgan fingerprint density at radius 2 is 1.95 bits per heavy atom. The summed E-state index contributed by atoms with van der Waals surface area (Å²) in [7, 11) is 3.24. The molecule has 0 fully saturated rings. The van der Waals surface area contributed by atoms with Crippen molar-refractivity contribution in [1.82, 2.24) is 9.88 Å². The topological polar surface area (TPSA) is 42.4 Å². The molecular weight excluding hydrogens is 271 g/mol. The number of nitrogens with zero attached hydrogens (tertiary/aromatic N) is 2. The molecule has 0 radical (unpaired) electrons. The molecular formula is C16H17FN2O2. The van der Waals surface area contributed by atoms with E-state index >= 15 is 0 Å². The summed E-state index contributed by atoms with van der Waals surface area (Å²) in [6.45, 7) is 1.88. The molecule has 1 unspecified atom stereocenters. The van der Waals surface area contributed by atoms with Crippen molar-refractivity contribution in [3.63, 3.8) is 0 Å². The van der Waals surface area contributed by atoms with E-state index in [1.807, 2.05) is 31.2 Å². The molecule has 0 aliphatic heterocycles. The Morgan fingerprint density at radius 3 is 2.62 bits per heavy atom. The zero-order valence-corrected chi connectivity index (χ0v) is 12.2. The van der Waals surface area contributed by atoms with Crippen LogP contribution in [0.1, 0.15) is 29.0 Å². The van der Waals surface area contributed by atoms with E-state index in [0.29, 0.717) is 5.75 Å². The molecule has 0 aliphatic rings. The van der Waals surface area contributed by atoms with Gasteiger partial charge in [0.1, 0.15) is 11.4 Å². The number of hydrogen-bond acceptors (Lipinski definition) is 3. The van der Waals surface area contributed by atoms with Crippen LogP contribution < -0.4 is 4.74 Å². The first-order chi connectivity index (χ1) is 10.0. The first kappa shape index (κ1) is 15.0. The van der Waals surface area contributed by atoms with Gasteiger partial charge in [0.2, 0.25) is 5.95 Å². The van der Waals surface area contributed by atoms with Crippen LogP contribution in [0.5, 0.6) is 5.75 Å². The van der Waals surface area contributed by atoms with Crippen molar-refractivity contribution >= 4 is 5.91 Å². The van der Waals surface area contributed by atoms with Crippen LogP contribution in [0.3, 0.4) is 0 Å². The van der Waals surface area contributed by atoms with Gasteiger partial charge in [0.15, 0.2) is 0 Å². The molecule has 0 saturated heterocycles. The molecule has 5 heteroatoms. The predicted octanol–water partition coefficient (Wildman–Crippen LogP) is 3.06. The van der Waals surface area contributed by atoms with Crippen LogP contribution in [0.15, 0.2) is 42.5 Å². The van der Waals surface area contributed by atoms with E-state index in [0.717, 1.165) is 5.56 Å². The zero-order valence-electron chi connectivity index (χ0n) is 12.2. The average molecular weight is 288 g/mol. The Kier molecular flexibility index (Phi) is 4.52. The third kappa shape index (κ3) is 3.18. The Hall–Kier alpha value is -2.43. The number of hydrogen-bond donors (Lipinski definition) is 0. The fourth-order valence-electron chi connectivity index (χ4n) is 2.10. The molecule has 21 heavy (non-hydrogen) atoms. The monoisotopic (exact) mass is 288 g/mol. The van der Waals surface area contributed by atoms with Crippen LogP contribution in [-0.4, -0.2) is 29.9 Å². The minimum Gasteiger partial charge on any atom is -0.496 e. The lowest BCUT2D eigenvalue weighted by Crippen LogP contribution is -2.30. The van der Waals surface area contributed by atoms with E-state index in [1.165, 1.54) is 23.1 Å². The number of halogens is 1. The second-order valence-electron chi connectivity index (χ2n) is 4.68. The van der Waals surface area contributed by atoms with Gasteiger partial charge < -0.3 is 9.64 Å². The fraction of sp³-hybridized carbons (Fsp3) is 0.250. The summed E-state index contributed by atoms with van der Waals surface area (Å²) in [6, 6.07) is 11.4. The van der Waals surface area contributed by atoms with E-state index in [9.17, 15) is 9.18 Å². The summed E-state index contributed by atoms with van der Waals surface area (Å²) < 4.78 is 18.4. The van der Waals surface area contributed by atoms with Gasteiger partial charge in [-0.05, 0) is 25.1 Å². The van der Waals surface area contributed by atoms with Gasteiger partial charge in [0, 0.05) is 12.6 Å². The van der Waals surface area contributed by atoms with Gasteiger partial charge in [-0.25, -0.2) is 4.98 Å². The van der Waals surface area contributed by atoms with E-state index in [4.69, 9.17) is 4.74 Å². The second kappa shape index (κ2) is 6.35. The molecule has 0 spiro atoms. The molecule has 0 saturated carbocycles. The second-order valence-corrected chi connectivity index (χ2v) is 4.68. The molecule has 1 aromatic heterocycles. The first-order valence-electron chi connectivity index (χ1n) is 6.57. The molecule has 0 N–H and O–H groups in total. The molecule has 0 aliphatic carbocycles. The van der Waals surface area contributed by atoms with Gasteiger partial charge in [-0.3, -0.25) is 4.79 Å². The summed E-state index contributed by atoms with van der Waals surface area (Å²) in [5.74, 6) is -0.302. The van der Waals surface area contributed by atoms with Gasteiger partial charge in [0.05, 0.1) is 13.2 Å². The van der Waals surface area contributed by atoms with Crippen molar-refractivity contribution in [3.05, 3.63) is 59.7 Å². The minimum atomic E-state index is -0.667. The smallest absolute Gasteiger partial charge is 0.272 e. The maximum atomic E-state index is 13.1. The van der Waals surface area contributed by atoms with E-state index < -0.39 is 5.95 Å². The maximum absolute atomic E-state index is 13.1. The number of pyridine rings is 1. The molecule has 1 heterocycles. The molecule has 0 bridgehead atoms. The van der Waals surface area contributed by atoms with Gasteiger partial charge in [-0.2, -0.15) is 4.39 Å². The average Bonchev–Trinajstić information content (AvgIpc) is 2.52. The molecule has 1 amide bonds. The summed E-state index contributed by atoms with van der Waals surface area (Å²) in [5, 5.41) is 0. The van der Waals surface area contributed by atoms with Gasteiger partial charge in [0.25, 0.3) is 5.91 Å². The van der Waals surface area contributed by atoms with Gasteiger partial charge >= 0.3 is 0 Å². The Balaban J connectivity index is 2.26. The van der Waals surface area contributed by atoms with Crippen LogP contribution in [0.25, 0.3) is 0 Å². The zero-order chi connectivity index (χ0) is 15.4. The summed E-state index contributed by atoms with van der Waals surface area (Å²) in [5.41, 5.74) is 0.964. The van der Waals surface area contributed by atoms with Crippen molar-refractivity contribution < 1.29 is 13.9 Å². The number of ether oxygens (including phenoxy) is 1. The third-order valence-electron chi connectivity index (χ3n) is 3.42. The standard InChI is InChI=1S/C16H17FN2O2/c1-11(12-7-4-5-9-14(12)21-3)19(2)16(20)13-8-6-10-15(17)18-13/h4-11H,1-3H3. The SMILES string of the molecule is COc1ccccc1C(C)N(C)C(=O)c1cccc(F)n1. The number of aromatic nitrogens is 1. The minimum absolute atomic E-state index is 0.0826. The lowest BCUT2D eigenvalue weighted by molar-refractivity contribution is 0.0734. The summed E-state index contributed by atoms with van der Waals surface area (Å²) in [4.78, 5) is 17.5. The van der Waals surface area contributed by atoms with Crippen molar-refractivity contribution in [2.45, 2.75) is 13.0 Å². The normalized spacial score (nSPS) is 11.8. The molecule has 2 aromatic rings.